The van der Waals surface area contributed by atoms with Crippen LogP contribution in [0.1, 0.15) is 0 Å². The standard InChI is InChI=1S/C8H12O10P2S/c9-7-3-1-2-4-8(7)21(15,16)6-5-17-20(13,14)18-19(10,11)12/h1-4,9H,5-6H2,(H,13,14)(H2,10,11,12). The molecule has 0 aromatic heterocycles. The number of hydrogen-bond acceptors (Lipinski definition) is 7. The molecule has 1 unspecified atom stereocenters. The van der Waals surface area contributed by atoms with Gasteiger partial charge in [0, 0.05) is 0 Å². The molecule has 10 nitrogen and oxygen atoms in total. The molecule has 4 N–H and O–H groups in total. The fourth-order valence-corrected chi connectivity index (χ4v) is 4.16. The van der Waals surface area contributed by atoms with Gasteiger partial charge in [0.05, 0.1) is 12.4 Å². The molecule has 0 bridgehead atoms. The summed E-state index contributed by atoms with van der Waals surface area (Å²) in [5, 5.41) is 9.41. The second-order valence-corrected chi connectivity index (χ2v) is 8.57. The Labute approximate surface area is 119 Å². The van der Waals surface area contributed by atoms with Crippen LogP contribution in [0.3, 0.4) is 0 Å². The lowest BCUT2D eigenvalue weighted by molar-refractivity contribution is 0.185. The Balaban J connectivity index is 2.70. The van der Waals surface area contributed by atoms with Gasteiger partial charge in [-0.05, 0) is 12.1 Å². The predicted octanol–water partition coefficient (Wildman–Crippen LogP) is 0.392. The van der Waals surface area contributed by atoms with Crippen molar-refractivity contribution in [1.29, 1.82) is 0 Å². The Bertz CT molecular complexity index is 693. The van der Waals surface area contributed by atoms with Gasteiger partial charge in [0.15, 0.2) is 9.84 Å². The average molecular weight is 362 g/mol. The normalized spacial score (nSPS) is 15.6. The Hall–Kier alpha value is -0.770. The lowest BCUT2D eigenvalue weighted by atomic mass is 10.3. The molecule has 1 aromatic carbocycles. The van der Waals surface area contributed by atoms with Crippen LogP contribution in [0.25, 0.3) is 0 Å². The minimum atomic E-state index is -5.26. The lowest BCUT2D eigenvalue weighted by Gasteiger charge is -2.12. The first kappa shape index (κ1) is 18.3. The van der Waals surface area contributed by atoms with Crippen LogP contribution < -0.4 is 0 Å². The number of phenols is 1. The van der Waals surface area contributed by atoms with Crippen molar-refractivity contribution >= 4 is 25.5 Å². The van der Waals surface area contributed by atoms with E-state index in [9.17, 15) is 22.7 Å². The second kappa shape index (κ2) is 6.55. The molecule has 1 aromatic rings. The highest BCUT2D eigenvalue weighted by molar-refractivity contribution is 7.91. The van der Waals surface area contributed by atoms with Crippen molar-refractivity contribution in [3.05, 3.63) is 24.3 Å². The molecule has 0 amide bonds. The van der Waals surface area contributed by atoms with E-state index in [2.05, 4.69) is 8.83 Å². The third kappa shape index (κ3) is 6.25. The molecule has 0 heterocycles. The van der Waals surface area contributed by atoms with E-state index in [1.165, 1.54) is 12.1 Å². The first-order valence-corrected chi connectivity index (χ1v) is 9.86. The molecule has 13 heteroatoms. The van der Waals surface area contributed by atoms with E-state index in [0.29, 0.717) is 0 Å². The summed E-state index contributed by atoms with van der Waals surface area (Å²) < 4.78 is 52.7. The first-order valence-electron chi connectivity index (χ1n) is 5.18. The van der Waals surface area contributed by atoms with E-state index in [1.807, 2.05) is 0 Å². The average Bonchev–Trinajstić information content (AvgIpc) is 2.25. The van der Waals surface area contributed by atoms with Crippen LogP contribution in [-0.2, 0) is 27.8 Å². The number of rotatable bonds is 7. The summed E-state index contributed by atoms with van der Waals surface area (Å²) >= 11 is 0. The fourth-order valence-electron chi connectivity index (χ4n) is 1.25. The van der Waals surface area contributed by atoms with Crippen LogP contribution in [0, 0.1) is 0 Å². The zero-order chi connectivity index (χ0) is 16.3. The number of hydrogen-bond donors (Lipinski definition) is 4. The smallest absolute Gasteiger partial charge is 0.481 e. The van der Waals surface area contributed by atoms with Crippen molar-refractivity contribution in [2.24, 2.45) is 0 Å². The van der Waals surface area contributed by atoms with Crippen LogP contribution in [0.2, 0.25) is 0 Å². The number of phosphoric ester groups is 1. The molecule has 0 saturated carbocycles. The molecule has 0 radical (unpaired) electrons. The molecule has 0 spiro atoms. The summed E-state index contributed by atoms with van der Waals surface area (Å²) in [4.78, 5) is 25.2. The minimum absolute atomic E-state index is 0.405. The minimum Gasteiger partial charge on any atom is -0.507 e. The van der Waals surface area contributed by atoms with Crippen LogP contribution in [0.15, 0.2) is 29.2 Å². The maximum Gasteiger partial charge on any atom is 0.481 e. The molecule has 1 rings (SSSR count). The van der Waals surface area contributed by atoms with Gasteiger partial charge in [-0.25, -0.2) is 17.5 Å². The highest BCUT2D eigenvalue weighted by atomic mass is 32.2. The molecule has 0 aliphatic carbocycles. The molecule has 0 aliphatic rings. The molecule has 21 heavy (non-hydrogen) atoms. The van der Waals surface area contributed by atoms with Gasteiger partial charge in [-0.1, -0.05) is 12.1 Å². The molecule has 0 fully saturated rings. The van der Waals surface area contributed by atoms with Crippen molar-refractivity contribution in [1.82, 2.24) is 0 Å². The Morgan fingerprint density at radius 2 is 1.67 bits per heavy atom. The van der Waals surface area contributed by atoms with Crippen molar-refractivity contribution in [2.75, 3.05) is 12.4 Å². The summed E-state index contributed by atoms with van der Waals surface area (Å²) in [5.74, 6) is -1.31. The molecule has 0 aliphatic heterocycles. The Morgan fingerprint density at radius 3 is 2.19 bits per heavy atom. The Morgan fingerprint density at radius 1 is 1.10 bits per heavy atom. The number of phosphoric acid groups is 2. The van der Waals surface area contributed by atoms with Gasteiger partial charge in [-0.2, -0.15) is 4.31 Å². The number of phenolic OH excluding ortho intramolecular Hbond substituents is 1. The van der Waals surface area contributed by atoms with Gasteiger partial charge in [-0.15, -0.1) is 0 Å². The fraction of sp³-hybridized carbons (Fsp3) is 0.250. The summed E-state index contributed by atoms with van der Waals surface area (Å²) in [5.41, 5.74) is 0. The lowest BCUT2D eigenvalue weighted by Crippen LogP contribution is -2.12. The summed E-state index contributed by atoms with van der Waals surface area (Å²) in [6.07, 6.45) is 0. The molecule has 0 saturated heterocycles. The van der Waals surface area contributed by atoms with E-state index in [1.54, 1.807) is 0 Å². The third-order valence-electron chi connectivity index (χ3n) is 2.02. The van der Waals surface area contributed by atoms with Crippen LogP contribution in [-0.4, -0.2) is 40.6 Å². The number of para-hydroxylation sites is 1. The van der Waals surface area contributed by atoms with E-state index < -0.39 is 48.5 Å². The highest BCUT2D eigenvalue weighted by Gasteiger charge is 2.32. The molecular formula is C8H12O10P2S. The highest BCUT2D eigenvalue weighted by Crippen LogP contribution is 2.57. The van der Waals surface area contributed by atoms with Gasteiger partial charge in [0.1, 0.15) is 10.6 Å². The summed E-state index contributed by atoms with van der Waals surface area (Å²) in [6.45, 7) is -0.871. The first-order chi connectivity index (χ1) is 9.43. The molecule has 120 valence electrons. The van der Waals surface area contributed by atoms with Crippen molar-refractivity contribution in [3.8, 4) is 5.75 Å². The monoisotopic (exact) mass is 362 g/mol. The van der Waals surface area contributed by atoms with Gasteiger partial charge in [-0.3, -0.25) is 4.52 Å². The van der Waals surface area contributed by atoms with Gasteiger partial charge >= 0.3 is 15.6 Å². The third-order valence-corrected chi connectivity index (χ3v) is 5.92. The van der Waals surface area contributed by atoms with Crippen molar-refractivity contribution in [3.63, 3.8) is 0 Å². The molecular weight excluding hydrogens is 350 g/mol. The zero-order valence-electron chi connectivity index (χ0n) is 10.3. The van der Waals surface area contributed by atoms with Crippen LogP contribution in [0.4, 0.5) is 0 Å². The second-order valence-electron chi connectivity index (χ2n) is 3.66. The van der Waals surface area contributed by atoms with E-state index in [0.717, 1.165) is 12.1 Å². The number of benzene rings is 1. The number of aromatic hydroxyl groups is 1. The quantitative estimate of drug-likeness (QED) is 0.498. The van der Waals surface area contributed by atoms with Crippen molar-refractivity contribution < 1.29 is 46.2 Å². The summed E-state index contributed by atoms with van der Waals surface area (Å²) in [6, 6.07) is 5.03. The topological polar surface area (TPSA) is 168 Å². The van der Waals surface area contributed by atoms with E-state index in [4.69, 9.17) is 14.7 Å². The molecule has 1 atom stereocenters. The summed E-state index contributed by atoms with van der Waals surface area (Å²) in [7, 11) is -14.4. The van der Waals surface area contributed by atoms with E-state index in [-0.39, 0.29) is 0 Å². The van der Waals surface area contributed by atoms with Crippen molar-refractivity contribution in [2.45, 2.75) is 4.90 Å². The van der Waals surface area contributed by atoms with Crippen LogP contribution >= 0.6 is 15.6 Å². The van der Waals surface area contributed by atoms with Crippen LogP contribution in [0.5, 0.6) is 5.75 Å². The maximum absolute atomic E-state index is 11.8. The Kier molecular flexibility index (Phi) is 5.70. The van der Waals surface area contributed by atoms with Gasteiger partial charge in [0.25, 0.3) is 0 Å². The van der Waals surface area contributed by atoms with E-state index >= 15 is 0 Å². The maximum atomic E-state index is 11.8. The number of sulfone groups is 1. The SMILES string of the molecule is O=P(O)(O)OP(=O)(O)OCCS(=O)(=O)c1ccccc1O. The zero-order valence-corrected chi connectivity index (χ0v) is 12.9. The van der Waals surface area contributed by atoms with Gasteiger partial charge < -0.3 is 19.8 Å². The largest absolute Gasteiger partial charge is 0.507 e. The van der Waals surface area contributed by atoms with Gasteiger partial charge in [0.2, 0.25) is 0 Å². The predicted molar refractivity (Wildman–Crippen MR) is 69.1 cm³/mol.